The molecule has 12 N–H and O–H groups in total. The van der Waals surface area contributed by atoms with Gasteiger partial charge in [-0.2, -0.15) is 0 Å². The molecule has 2 heterocycles. The Labute approximate surface area is 248 Å². The van der Waals surface area contributed by atoms with Crippen molar-refractivity contribution in [2.45, 2.75) is 36.6 Å². The lowest BCUT2D eigenvalue weighted by atomic mass is 9.91. The molecule has 0 fully saturated rings. The second-order valence-electron chi connectivity index (χ2n) is 10.2. The number of phenolic OH excluding ortho intramolecular Hbond substituents is 8. The average molecular weight is 613 g/mol. The van der Waals surface area contributed by atoms with Gasteiger partial charge in [0.25, 0.3) is 0 Å². The summed E-state index contributed by atoms with van der Waals surface area (Å²) in [5.74, 6) is -2.71. The number of hydrogen-bond donors (Lipinski definition) is 12. The van der Waals surface area contributed by atoms with Crippen LogP contribution in [-0.4, -0.2) is 73.5 Å². The maximum atomic E-state index is 10.2. The molecule has 6 atom stereocenters. The van der Waals surface area contributed by atoms with Crippen LogP contribution in [0.5, 0.6) is 57.5 Å². The van der Waals surface area contributed by atoms with Crippen LogP contribution in [0.4, 0.5) is 0 Å². The Morgan fingerprint density at radius 2 is 0.773 bits per heavy atom. The fraction of sp³-hybridized carbons (Fsp3) is 0.200. The van der Waals surface area contributed by atoms with Crippen molar-refractivity contribution in [3.8, 4) is 57.5 Å². The second-order valence-corrected chi connectivity index (χ2v) is 10.2. The predicted molar refractivity (Wildman–Crippen MR) is 148 cm³/mol. The summed E-state index contributed by atoms with van der Waals surface area (Å²) in [6.07, 6.45) is -7.79. The third-order valence-electron chi connectivity index (χ3n) is 7.23. The van der Waals surface area contributed by atoms with Crippen LogP contribution in [0.25, 0.3) is 0 Å². The van der Waals surface area contributed by atoms with Gasteiger partial charge >= 0.3 is 0 Å². The Hall–Kier alpha value is -5.28. The lowest BCUT2D eigenvalue weighted by Crippen LogP contribution is -2.34. The topological polar surface area (TPSA) is 261 Å². The van der Waals surface area contributed by atoms with Crippen LogP contribution in [-0.2, 0) is 0 Å². The summed E-state index contributed by atoms with van der Waals surface area (Å²) < 4.78 is 11.1. The van der Waals surface area contributed by atoms with E-state index >= 15 is 0 Å². The summed E-state index contributed by atoms with van der Waals surface area (Å²) in [5.41, 5.74) is 0.583. The minimum atomic E-state index is -1.44. The molecule has 4 aromatic rings. The van der Waals surface area contributed by atoms with E-state index < -0.39 is 59.6 Å². The Bertz CT molecular complexity index is 1580. The van der Waals surface area contributed by atoms with Crippen molar-refractivity contribution in [1.29, 1.82) is 0 Å². The van der Waals surface area contributed by atoms with Crippen LogP contribution in [0.3, 0.4) is 0 Å². The zero-order chi connectivity index (χ0) is 32.0. The van der Waals surface area contributed by atoms with Crippen molar-refractivity contribution in [1.82, 2.24) is 0 Å². The van der Waals surface area contributed by atoms with Gasteiger partial charge in [-0.15, -0.1) is 0 Å². The van der Waals surface area contributed by atoms with Gasteiger partial charge in [-0.25, -0.2) is 0 Å². The Morgan fingerprint density at radius 3 is 1.11 bits per heavy atom. The quantitative estimate of drug-likeness (QED) is 0.145. The largest absolute Gasteiger partial charge is 0.508 e. The van der Waals surface area contributed by atoms with Crippen molar-refractivity contribution in [3.63, 3.8) is 0 Å². The molecule has 0 spiro atoms. The molecular formula is C30H28O14. The minimum Gasteiger partial charge on any atom is -0.508 e. The monoisotopic (exact) mass is 612 g/mol. The maximum absolute atomic E-state index is 10.2. The van der Waals surface area contributed by atoms with Crippen molar-refractivity contribution >= 4 is 0 Å². The summed E-state index contributed by atoms with van der Waals surface area (Å²) >= 11 is 0. The minimum absolute atomic E-state index is 0.0212. The zero-order valence-corrected chi connectivity index (χ0v) is 22.4. The smallest absolute Gasteiger partial charge is 0.157 e. The van der Waals surface area contributed by atoms with Gasteiger partial charge in [-0.05, 0) is 35.4 Å². The first-order chi connectivity index (χ1) is 20.8. The number of hydrogen-bond acceptors (Lipinski definition) is 14. The average Bonchev–Trinajstić information content (AvgIpc) is 2.95. The summed E-state index contributed by atoms with van der Waals surface area (Å²) in [5, 5.41) is 117. The fourth-order valence-electron chi connectivity index (χ4n) is 5.04. The molecule has 0 saturated heterocycles. The molecule has 0 amide bonds. The summed E-state index contributed by atoms with van der Waals surface area (Å²) in [7, 11) is 0. The SMILES string of the molecule is Oc1cc(O)c2c(c1)O[C@@H](c1ccc(O)c(O)c1)[C@H](O)[C@H]2O.Oc1cc(O)c2c(c1)O[C@H](c1ccc(O)c(O)c1)[C@@H](O)[C@@H]2O. The van der Waals surface area contributed by atoms with Gasteiger partial charge in [0.15, 0.2) is 35.2 Å². The Morgan fingerprint density at radius 1 is 0.409 bits per heavy atom. The van der Waals surface area contributed by atoms with E-state index in [0.29, 0.717) is 11.1 Å². The standard InChI is InChI=1S/2C15H14O7/c2*16-7-4-10(19)12-11(5-7)22-15(14(21)13(12)20)6-1-2-8(17)9(18)3-6/h2*1-5,13-21H/t2*13-,14+,15-/m10/s1. The Kier molecular flexibility index (Phi) is 7.84. The molecule has 0 aliphatic carbocycles. The molecule has 0 unspecified atom stereocenters. The normalized spacial score (nSPS) is 23.6. The third-order valence-corrected chi connectivity index (χ3v) is 7.23. The number of benzene rings is 4. The number of fused-ring (bicyclic) bond motifs is 2. The van der Waals surface area contributed by atoms with E-state index in [4.69, 9.17) is 9.47 Å². The number of aromatic hydroxyl groups is 8. The van der Waals surface area contributed by atoms with E-state index in [-0.39, 0.29) is 45.6 Å². The van der Waals surface area contributed by atoms with Crippen LogP contribution in [0.1, 0.15) is 46.7 Å². The van der Waals surface area contributed by atoms with E-state index in [0.717, 1.165) is 12.1 Å². The van der Waals surface area contributed by atoms with Gasteiger partial charge in [-0.3, -0.25) is 0 Å². The number of phenols is 8. The lowest BCUT2D eigenvalue weighted by Gasteiger charge is -2.34. The van der Waals surface area contributed by atoms with E-state index in [9.17, 15) is 61.3 Å². The van der Waals surface area contributed by atoms with Gasteiger partial charge < -0.3 is 70.8 Å². The van der Waals surface area contributed by atoms with Crippen LogP contribution in [0.2, 0.25) is 0 Å². The number of aliphatic hydroxyl groups is 4. The van der Waals surface area contributed by atoms with Crippen LogP contribution in [0.15, 0.2) is 60.7 Å². The first-order valence-corrected chi connectivity index (χ1v) is 13.0. The molecular weight excluding hydrogens is 584 g/mol. The van der Waals surface area contributed by atoms with E-state index in [1.165, 1.54) is 48.5 Å². The number of ether oxygens (including phenoxy) is 2. The van der Waals surface area contributed by atoms with E-state index in [1.54, 1.807) is 0 Å². The van der Waals surface area contributed by atoms with Crippen molar-refractivity contribution in [2.24, 2.45) is 0 Å². The van der Waals surface area contributed by atoms with Gasteiger partial charge in [0.05, 0.1) is 11.1 Å². The fourth-order valence-corrected chi connectivity index (χ4v) is 5.04. The molecule has 0 bridgehead atoms. The maximum Gasteiger partial charge on any atom is 0.157 e. The molecule has 4 aromatic carbocycles. The third kappa shape index (κ3) is 5.45. The summed E-state index contributed by atoms with van der Waals surface area (Å²) in [4.78, 5) is 0. The molecule has 44 heavy (non-hydrogen) atoms. The molecule has 2 aliphatic heterocycles. The predicted octanol–water partition coefficient (Wildman–Crippen LogP) is 2.07. The van der Waals surface area contributed by atoms with Crippen LogP contribution in [0, 0.1) is 0 Å². The highest BCUT2D eigenvalue weighted by Crippen LogP contribution is 2.49. The highest BCUT2D eigenvalue weighted by Gasteiger charge is 2.40. The van der Waals surface area contributed by atoms with Crippen molar-refractivity contribution < 1.29 is 70.8 Å². The molecule has 2 aliphatic rings. The van der Waals surface area contributed by atoms with Gasteiger partial charge in [0.2, 0.25) is 0 Å². The summed E-state index contributed by atoms with van der Waals surface area (Å²) in [6, 6.07) is 12.2. The highest BCUT2D eigenvalue weighted by molar-refractivity contribution is 5.54. The first-order valence-electron chi connectivity index (χ1n) is 13.0. The van der Waals surface area contributed by atoms with Gasteiger partial charge in [0.1, 0.15) is 58.9 Å². The molecule has 232 valence electrons. The van der Waals surface area contributed by atoms with Crippen molar-refractivity contribution in [2.75, 3.05) is 0 Å². The first kappa shape index (κ1) is 30.2. The highest BCUT2D eigenvalue weighted by atomic mass is 16.5. The second kappa shape index (κ2) is 11.4. The Balaban J connectivity index is 0.000000175. The number of aliphatic hydroxyl groups excluding tert-OH is 4. The van der Waals surface area contributed by atoms with Gasteiger partial charge in [0, 0.05) is 24.3 Å². The zero-order valence-electron chi connectivity index (χ0n) is 22.4. The molecule has 14 heteroatoms. The van der Waals surface area contributed by atoms with E-state index in [1.807, 2.05) is 0 Å². The van der Waals surface area contributed by atoms with E-state index in [2.05, 4.69) is 0 Å². The van der Waals surface area contributed by atoms with Gasteiger partial charge in [-0.1, -0.05) is 12.1 Å². The summed E-state index contributed by atoms with van der Waals surface area (Å²) in [6.45, 7) is 0. The molecule has 0 radical (unpaired) electrons. The molecule has 0 saturated carbocycles. The molecule has 6 rings (SSSR count). The number of rotatable bonds is 2. The molecule has 0 aromatic heterocycles. The lowest BCUT2D eigenvalue weighted by molar-refractivity contribution is -0.0711. The van der Waals surface area contributed by atoms with Crippen LogP contribution >= 0.6 is 0 Å². The molecule has 14 nitrogen and oxygen atoms in total. The van der Waals surface area contributed by atoms with Crippen molar-refractivity contribution in [3.05, 3.63) is 82.9 Å². The van der Waals surface area contributed by atoms with Crippen LogP contribution < -0.4 is 9.47 Å².